The molecule has 0 unspecified atom stereocenters. The second-order valence-electron chi connectivity index (χ2n) is 4.19. The normalized spacial score (nSPS) is 10.9. The molecule has 0 aliphatic carbocycles. The zero-order chi connectivity index (χ0) is 15.3. The van der Waals surface area contributed by atoms with Gasteiger partial charge in [0.15, 0.2) is 5.69 Å². The maximum atomic E-state index is 11.8. The van der Waals surface area contributed by atoms with Crippen LogP contribution in [0.5, 0.6) is 0 Å². The van der Waals surface area contributed by atoms with Crippen molar-refractivity contribution in [2.24, 2.45) is 0 Å². The van der Waals surface area contributed by atoms with Crippen LogP contribution in [0.15, 0.2) is 18.3 Å². The molecule has 0 atom stereocenters. The third kappa shape index (κ3) is 4.84. The largest absolute Gasteiger partial charge is 0.476 e. The van der Waals surface area contributed by atoms with Gasteiger partial charge in [-0.1, -0.05) is 0 Å². The van der Waals surface area contributed by atoms with Crippen molar-refractivity contribution in [3.8, 4) is 0 Å². The minimum atomic E-state index is -3.18. The van der Waals surface area contributed by atoms with Gasteiger partial charge in [0.05, 0.1) is 11.4 Å². The minimum Gasteiger partial charge on any atom is -0.476 e. The van der Waals surface area contributed by atoms with Crippen molar-refractivity contribution < 1.29 is 23.1 Å². The van der Waals surface area contributed by atoms with Gasteiger partial charge in [-0.25, -0.2) is 23.0 Å². The van der Waals surface area contributed by atoms with Gasteiger partial charge in [-0.2, -0.15) is 0 Å². The molecule has 110 valence electrons. The third-order valence-electron chi connectivity index (χ3n) is 2.40. The number of sulfone groups is 1. The van der Waals surface area contributed by atoms with Crippen molar-refractivity contribution in [2.45, 2.75) is 0 Å². The number of carboxylic acid groups (broad SMARTS) is 1. The van der Waals surface area contributed by atoms with Gasteiger partial charge in [-0.15, -0.1) is 0 Å². The van der Waals surface area contributed by atoms with E-state index >= 15 is 0 Å². The van der Waals surface area contributed by atoms with Gasteiger partial charge >= 0.3 is 12.0 Å². The number of pyridine rings is 1. The number of aromatic carboxylic acids is 1. The van der Waals surface area contributed by atoms with Gasteiger partial charge in [0, 0.05) is 26.0 Å². The van der Waals surface area contributed by atoms with Crippen molar-refractivity contribution in [2.75, 3.05) is 30.9 Å². The van der Waals surface area contributed by atoms with E-state index in [1.54, 1.807) is 0 Å². The Kier molecular flexibility index (Phi) is 5.03. The van der Waals surface area contributed by atoms with Gasteiger partial charge in [0.2, 0.25) is 0 Å². The quantitative estimate of drug-likeness (QED) is 0.807. The summed E-state index contributed by atoms with van der Waals surface area (Å²) in [7, 11) is -1.76. The number of carbonyl (C=O) groups is 2. The maximum absolute atomic E-state index is 11.8. The maximum Gasteiger partial charge on any atom is 0.356 e. The predicted octanol–water partition coefficient (Wildman–Crippen LogP) is 0.288. The lowest BCUT2D eigenvalue weighted by atomic mass is 10.3. The number of aromatic nitrogens is 1. The fourth-order valence-corrected chi connectivity index (χ4v) is 1.90. The monoisotopic (exact) mass is 301 g/mol. The molecular weight excluding hydrogens is 286 g/mol. The second-order valence-corrected chi connectivity index (χ2v) is 6.45. The van der Waals surface area contributed by atoms with Crippen molar-refractivity contribution >= 4 is 27.5 Å². The summed E-state index contributed by atoms with van der Waals surface area (Å²) in [5, 5.41) is 11.3. The second kappa shape index (κ2) is 6.33. The van der Waals surface area contributed by atoms with E-state index in [4.69, 9.17) is 5.11 Å². The third-order valence-corrected chi connectivity index (χ3v) is 3.32. The van der Waals surface area contributed by atoms with Crippen molar-refractivity contribution in [1.82, 2.24) is 9.88 Å². The van der Waals surface area contributed by atoms with E-state index in [0.29, 0.717) is 0 Å². The van der Waals surface area contributed by atoms with Crippen molar-refractivity contribution in [3.63, 3.8) is 0 Å². The number of urea groups is 1. The average molecular weight is 301 g/mol. The molecule has 0 radical (unpaired) electrons. The van der Waals surface area contributed by atoms with Crippen LogP contribution in [0.2, 0.25) is 0 Å². The molecule has 8 nitrogen and oxygen atoms in total. The van der Waals surface area contributed by atoms with Crippen LogP contribution >= 0.6 is 0 Å². The van der Waals surface area contributed by atoms with Crippen LogP contribution in [-0.4, -0.2) is 61.0 Å². The van der Waals surface area contributed by atoms with Crippen LogP contribution in [0.3, 0.4) is 0 Å². The summed E-state index contributed by atoms with van der Waals surface area (Å²) < 4.78 is 22.0. The standard InChI is InChI=1S/C11H15N3O5S/c1-14(6-7-20(2,18)19)11(17)13-8-4-3-5-12-9(8)10(15)16/h3-5H,6-7H2,1-2H3,(H,13,17)(H,15,16). The molecule has 0 bridgehead atoms. The summed E-state index contributed by atoms with van der Waals surface area (Å²) in [5.41, 5.74) is -0.228. The number of carbonyl (C=O) groups excluding carboxylic acids is 1. The molecule has 2 amide bonds. The number of anilines is 1. The van der Waals surface area contributed by atoms with Gasteiger partial charge in [-0.3, -0.25) is 0 Å². The van der Waals surface area contributed by atoms with Crippen molar-refractivity contribution in [1.29, 1.82) is 0 Å². The smallest absolute Gasteiger partial charge is 0.356 e. The van der Waals surface area contributed by atoms with Crippen LogP contribution in [0.1, 0.15) is 10.5 Å². The highest BCUT2D eigenvalue weighted by Crippen LogP contribution is 2.12. The van der Waals surface area contributed by atoms with Gasteiger partial charge < -0.3 is 15.3 Å². The number of nitrogens with one attached hydrogen (secondary N) is 1. The summed E-state index contributed by atoms with van der Waals surface area (Å²) in [6.07, 6.45) is 2.37. The Morgan fingerprint density at radius 2 is 2.10 bits per heavy atom. The molecule has 1 aromatic heterocycles. The first-order valence-corrected chi connectivity index (χ1v) is 7.65. The topological polar surface area (TPSA) is 117 Å². The van der Waals surface area contributed by atoms with E-state index in [1.165, 1.54) is 25.4 Å². The van der Waals surface area contributed by atoms with E-state index in [9.17, 15) is 18.0 Å². The predicted molar refractivity (Wildman–Crippen MR) is 72.6 cm³/mol. The summed E-state index contributed by atoms with van der Waals surface area (Å²) in [6, 6.07) is 2.28. The number of nitrogens with zero attached hydrogens (tertiary/aromatic N) is 2. The summed E-state index contributed by atoms with van der Waals surface area (Å²) in [4.78, 5) is 27.5. The Morgan fingerprint density at radius 3 is 2.65 bits per heavy atom. The Hall–Kier alpha value is -2.16. The van der Waals surface area contributed by atoms with Gasteiger partial charge in [0.25, 0.3) is 0 Å². The fourth-order valence-electron chi connectivity index (χ4n) is 1.29. The van der Waals surface area contributed by atoms with Crippen LogP contribution in [-0.2, 0) is 9.84 Å². The molecule has 0 aliphatic heterocycles. The van der Waals surface area contributed by atoms with Crippen LogP contribution in [0.25, 0.3) is 0 Å². The van der Waals surface area contributed by atoms with Gasteiger partial charge in [-0.05, 0) is 12.1 Å². The first-order chi connectivity index (χ1) is 9.20. The summed E-state index contributed by atoms with van der Waals surface area (Å²) in [6.45, 7) is 0.00728. The lowest BCUT2D eigenvalue weighted by Gasteiger charge is -2.17. The van der Waals surface area contributed by atoms with E-state index in [2.05, 4.69) is 10.3 Å². The molecule has 0 saturated carbocycles. The van der Waals surface area contributed by atoms with E-state index in [1.807, 2.05) is 0 Å². The molecule has 1 heterocycles. The highest BCUT2D eigenvalue weighted by molar-refractivity contribution is 7.90. The van der Waals surface area contributed by atoms with Gasteiger partial charge in [0.1, 0.15) is 9.84 Å². The number of amides is 2. The Bertz CT molecular complexity index is 614. The SMILES string of the molecule is CN(CCS(C)(=O)=O)C(=O)Nc1cccnc1C(=O)O. The number of hydrogen-bond acceptors (Lipinski definition) is 5. The van der Waals surface area contributed by atoms with Crippen LogP contribution in [0.4, 0.5) is 10.5 Å². The molecule has 20 heavy (non-hydrogen) atoms. The minimum absolute atomic E-state index is 0.00728. The Balaban J connectivity index is 2.73. The number of rotatable bonds is 5. The first-order valence-electron chi connectivity index (χ1n) is 5.59. The molecule has 1 rings (SSSR count). The molecule has 0 spiro atoms. The summed E-state index contributed by atoms with van der Waals surface area (Å²) in [5.74, 6) is -1.44. The molecule has 0 fully saturated rings. The highest BCUT2D eigenvalue weighted by atomic mass is 32.2. The lowest BCUT2D eigenvalue weighted by Crippen LogP contribution is -2.35. The molecule has 2 N–H and O–H groups in total. The van der Waals surface area contributed by atoms with Crippen LogP contribution < -0.4 is 5.32 Å². The first kappa shape index (κ1) is 15.9. The van der Waals surface area contributed by atoms with Crippen LogP contribution in [0, 0.1) is 0 Å². The zero-order valence-corrected chi connectivity index (χ0v) is 11.8. The summed E-state index contributed by atoms with van der Waals surface area (Å²) >= 11 is 0. The molecule has 0 aliphatic rings. The average Bonchev–Trinajstić information content (AvgIpc) is 2.35. The van der Waals surface area contributed by atoms with E-state index in [0.717, 1.165) is 11.2 Å². The lowest BCUT2D eigenvalue weighted by molar-refractivity contribution is 0.0691. The zero-order valence-electron chi connectivity index (χ0n) is 11.0. The number of carboxylic acids is 1. The molecule has 0 saturated heterocycles. The molecule has 1 aromatic rings. The highest BCUT2D eigenvalue weighted by Gasteiger charge is 2.16. The molecular formula is C11H15N3O5S. The fraction of sp³-hybridized carbons (Fsp3) is 0.364. The Labute approximate surface area is 116 Å². The van der Waals surface area contributed by atoms with Crippen molar-refractivity contribution in [3.05, 3.63) is 24.0 Å². The van der Waals surface area contributed by atoms with E-state index < -0.39 is 21.8 Å². The Morgan fingerprint density at radius 1 is 1.45 bits per heavy atom. The molecule has 9 heteroatoms. The number of hydrogen-bond donors (Lipinski definition) is 2. The van der Waals surface area contributed by atoms with E-state index in [-0.39, 0.29) is 23.7 Å². The molecule has 0 aromatic carbocycles.